The van der Waals surface area contributed by atoms with Crippen LogP contribution in [0.3, 0.4) is 0 Å². The summed E-state index contributed by atoms with van der Waals surface area (Å²) >= 11 is 0. The molecule has 0 saturated carbocycles. The van der Waals surface area contributed by atoms with E-state index in [1.807, 2.05) is 0 Å². The zero-order chi connectivity index (χ0) is 18.5. The van der Waals surface area contributed by atoms with E-state index in [0.29, 0.717) is 12.8 Å². The van der Waals surface area contributed by atoms with Gasteiger partial charge in [-0.2, -0.15) is 8.42 Å². The molecule has 0 fully saturated rings. The van der Waals surface area contributed by atoms with E-state index in [0.717, 1.165) is 51.4 Å². The number of aliphatic hydroxyl groups excluding tert-OH is 1. The first kappa shape index (κ1) is 23.8. The van der Waals surface area contributed by atoms with Gasteiger partial charge in [-0.3, -0.25) is 4.55 Å². The Kier molecular flexibility index (Phi) is 13.0. The topological polar surface area (TPSA) is 94.8 Å². The molecule has 0 aromatic carbocycles. The Balaban J connectivity index is 4.39. The van der Waals surface area contributed by atoms with Gasteiger partial charge in [-0.05, 0) is 12.8 Å². The highest BCUT2D eigenvalue weighted by molar-refractivity contribution is 7.86. The van der Waals surface area contributed by atoms with Crippen LogP contribution in [-0.2, 0) is 10.1 Å². The molecule has 5 nitrogen and oxygen atoms in total. The normalized spacial score (nSPS) is 14.0. The molecule has 0 saturated heterocycles. The number of rotatable bonds is 16. The van der Waals surface area contributed by atoms with Gasteiger partial charge in [0, 0.05) is 0 Å². The van der Waals surface area contributed by atoms with Crippen LogP contribution in [0, 0.1) is 0 Å². The van der Waals surface area contributed by atoms with Crippen LogP contribution in [0.15, 0.2) is 0 Å². The van der Waals surface area contributed by atoms with Crippen LogP contribution < -0.4 is 0 Å². The van der Waals surface area contributed by atoms with Crippen molar-refractivity contribution in [3.8, 4) is 0 Å². The maximum atomic E-state index is 11.3. The van der Waals surface area contributed by atoms with Gasteiger partial charge >= 0.3 is 0 Å². The van der Waals surface area contributed by atoms with Gasteiger partial charge in [0.05, 0.1) is 0 Å². The second-order valence-corrected chi connectivity index (χ2v) is 8.48. The molecule has 0 spiro atoms. The lowest BCUT2D eigenvalue weighted by Gasteiger charge is -2.31. The van der Waals surface area contributed by atoms with E-state index in [9.17, 15) is 18.6 Å². The summed E-state index contributed by atoms with van der Waals surface area (Å²) in [5.74, 6) is 0. The van der Waals surface area contributed by atoms with Gasteiger partial charge in [-0.15, -0.1) is 0 Å². The smallest absolute Gasteiger partial charge is 0.294 e. The van der Waals surface area contributed by atoms with Crippen molar-refractivity contribution in [1.82, 2.24) is 0 Å². The quantitative estimate of drug-likeness (QED) is 0.277. The molecule has 0 aromatic rings. The summed E-state index contributed by atoms with van der Waals surface area (Å²) < 4.78 is 31.7. The van der Waals surface area contributed by atoms with Gasteiger partial charge in [0.15, 0.2) is 0 Å². The Morgan fingerprint density at radius 3 is 1.42 bits per heavy atom. The number of hydrogen-bond donors (Lipinski definition) is 3. The molecule has 0 bridgehead atoms. The van der Waals surface area contributed by atoms with Gasteiger partial charge in [0.1, 0.15) is 5.60 Å². The van der Waals surface area contributed by atoms with E-state index in [1.54, 1.807) is 0 Å². The van der Waals surface area contributed by atoms with Gasteiger partial charge in [0.2, 0.25) is 5.44 Å². The van der Waals surface area contributed by atoms with Crippen LogP contribution in [0.25, 0.3) is 0 Å². The molecule has 0 aliphatic carbocycles. The SMILES string of the molecule is CCCCCCCCC(O)(CCCCCCCC)C(O)S(=O)(=O)O. The second kappa shape index (κ2) is 13.1. The first-order valence-corrected chi connectivity index (χ1v) is 11.1. The number of aliphatic hydroxyl groups is 2. The van der Waals surface area contributed by atoms with Crippen molar-refractivity contribution in [3.63, 3.8) is 0 Å². The molecule has 24 heavy (non-hydrogen) atoms. The molecule has 0 heterocycles. The predicted molar refractivity (Wildman–Crippen MR) is 98.5 cm³/mol. The molecule has 3 N–H and O–H groups in total. The van der Waals surface area contributed by atoms with Crippen LogP contribution in [0.1, 0.15) is 104 Å². The Morgan fingerprint density at radius 1 is 0.750 bits per heavy atom. The van der Waals surface area contributed by atoms with Crippen molar-refractivity contribution < 1.29 is 23.2 Å². The fraction of sp³-hybridized carbons (Fsp3) is 1.00. The minimum Gasteiger partial charge on any atom is -0.386 e. The average Bonchev–Trinajstić information content (AvgIpc) is 2.52. The summed E-state index contributed by atoms with van der Waals surface area (Å²) in [4.78, 5) is 0. The Hall–Kier alpha value is -0.170. The Morgan fingerprint density at radius 2 is 1.08 bits per heavy atom. The summed E-state index contributed by atoms with van der Waals surface area (Å²) in [7, 11) is -4.66. The average molecular weight is 367 g/mol. The first-order valence-electron chi connectivity index (χ1n) is 9.64. The van der Waals surface area contributed by atoms with Crippen LogP contribution in [-0.4, -0.2) is 34.2 Å². The highest BCUT2D eigenvalue weighted by Crippen LogP contribution is 2.29. The minimum absolute atomic E-state index is 0.203. The minimum atomic E-state index is -4.66. The van der Waals surface area contributed by atoms with Crippen molar-refractivity contribution in [2.45, 2.75) is 115 Å². The maximum absolute atomic E-state index is 11.3. The van der Waals surface area contributed by atoms with Crippen molar-refractivity contribution in [2.24, 2.45) is 0 Å². The van der Waals surface area contributed by atoms with E-state index in [1.165, 1.54) is 12.8 Å². The molecule has 146 valence electrons. The zero-order valence-corrected chi connectivity index (χ0v) is 16.4. The van der Waals surface area contributed by atoms with E-state index < -0.39 is 21.2 Å². The van der Waals surface area contributed by atoms with Gasteiger partial charge < -0.3 is 10.2 Å². The van der Waals surface area contributed by atoms with Crippen molar-refractivity contribution in [1.29, 1.82) is 0 Å². The molecule has 0 aliphatic rings. The second-order valence-electron chi connectivity index (χ2n) is 7.01. The van der Waals surface area contributed by atoms with Crippen LogP contribution in [0.5, 0.6) is 0 Å². The molecule has 0 rings (SSSR count). The van der Waals surface area contributed by atoms with Crippen molar-refractivity contribution in [2.75, 3.05) is 0 Å². The van der Waals surface area contributed by atoms with Gasteiger partial charge in [-0.1, -0.05) is 90.9 Å². The van der Waals surface area contributed by atoms with Gasteiger partial charge in [0.25, 0.3) is 10.1 Å². The summed E-state index contributed by atoms with van der Waals surface area (Å²) in [6, 6.07) is 0. The molecule has 1 atom stereocenters. The standard InChI is InChI=1S/C18H38O5S/c1-3-5-7-9-11-13-15-18(20,17(19)24(21,22)23)16-14-12-10-8-6-4-2/h17,19-20H,3-16H2,1-2H3,(H,21,22,23). The molecular weight excluding hydrogens is 328 g/mol. The van der Waals surface area contributed by atoms with Gasteiger partial charge in [-0.25, -0.2) is 0 Å². The summed E-state index contributed by atoms with van der Waals surface area (Å²) in [5, 5.41) is 20.5. The monoisotopic (exact) mass is 366 g/mol. The van der Waals surface area contributed by atoms with Crippen molar-refractivity contribution >= 4 is 10.1 Å². The van der Waals surface area contributed by atoms with Crippen molar-refractivity contribution in [3.05, 3.63) is 0 Å². The summed E-state index contributed by atoms with van der Waals surface area (Å²) in [5.41, 5.74) is -3.86. The van der Waals surface area contributed by atoms with E-state index >= 15 is 0 Å². The number of hydrogen-bond acceptors (Lipinski definition) is 4. The molecule has 0 amide bonds. The number of unbranched alkanes of at least 4 members (excludes halogenated alkanes) is 10. The first-order chi connectivity index (χ1) is 11.3. The van der Waals surface area contributed by atoms with Crippen LogP contribution in [0.2, 0.25) is 0 Å². The maximum Gasteiger partial charge on any atom is 0.294 e. The fourth-order valence-electron chi connectivity index (χ4n) is 3.07. The molecular formula is C18H38O5S. The third-order valence-electron chi connectivity index (χ3n) is 4.67. The third kappa shape index (κ3) is 10.6. The lowest BCUT2D eigenvalue weighted by molar-refractivity contribution is -0.0550. The molecule has 0 aromatic heterocycles. The Labute approximate surface area is 148 Å². The largest absolute Gasteiger partial charge is 0.386 e. The molecule has 0 radical (unpaired) electrons. The molecule has 6 heteroatoms. The molecule has 0 aliphatic heterocycles. The summed E-state index contributed by atoms with van der Waals surface area (Å²) in [6.45, 7) is 4.28. The Bertz CT molecular complexity index is 378. The van der Waals surface area contributed by atoms with E-state index in [4.69, 9.17) is 4.55 Å². The van der Waals surface area contributed by atoms with Crippen LogP contribution in [0.4, 0.5) is 0 Å². The summed E-state index contributed by atoms with van der Waals surface area (Å²) in [6.07, 6.45) is 12.5. The van der Waals surface area contributed by atoms with E-state index in [2.05, 4.69) is 13.8 Å². The highest BCUT2D eigenvalue weighted by atomic mass is 32.2. The predicted octanol–water partition coefficient (Wildman–Crippen LogP) is 4.42. The zero-order valence-electron chi connectivity index (χ0n) is 15.5. The molecule has 1 unspecified atom stereocenters. The lowest BCUT2D eigenvalue weighted by Crippen LogP contribution is -2.46. The fourth-order valence-corrected chi connectivity index (χ4v) is 3.86. The highest BCUT2D eigenvalue weighted by Gasteiger charge is 2.42. The van der Waals surface area contributed by atoms with Crippen LogP contribution >= 0.6 is 0 Å². The third-order valence-corrected chi connectivity index (χ3v) is 5.67. The van der Waals surface area contributed by atoms with E-state index in [-0.39, 0.29) is 12.8 Å². The lowest BCUT2D eigenvalue weighted by atomic mass is 9.90.